The van der Waals surface area contributed by atoms with E-state index in [2.05, 4.69) is 19.1 Å². The van der Waals surface area contributed by atoms with Gasteiger partial charge in [0.1, 0.15) is 0 Å². The summed E-state index contributed by atoms with van der Waals surface area (Å²) in [7, 11) is 0. The minimum atomic E-state index is 0. The molecule has 0 aromatic heterocycles. The monoisotopic (exact) mass is 396 g/mol. The number of halogens is 1. The fourth-order valence-electron chi connectivity index (χ4n) is 2.39. The third kappa shape index (κ3) is 20.7. The normalized spacial score (nSPS) is 10.9. The van der Waals surface area contributed by atoms with Gasteiger partial charge in [0.05, 0.1) is 0 Å². The van der Waals surface area contributed by atoms with E-state index in [-0.39, 0.29) is 25.4 Å². The lowest BCUT2D eigenvalue weighted by molar-refractivity contribution is 0.599. The Balaban J connectivity index is -0.00000162. The van der Waals surface area contributed by atoms with E-state index >= 15 is 0 Å². The Kier molecular flexibility index (Phi) is 24.7. The smallest absolute Gasteiger partial charge is 0.330 e. The molecule has 20 heavy (non-hydrogen) atoms. The van der Waals surface area contributed by atoms with Crippen molar-refractivity contribution < 1.29 is 1.43 Å². The molecule has 0 bridgehead atoms. The van der Waals surface area contributed by atoms with Crippen LogP contribution in [0.5, 0.6) is 0 Å². The van der Waals surface area contributed by atoms with Crippen LogP contribution in [0, 0.1) is 0 Å². The average Bonchev–Trinajstić information content (AvgIpc) is 2.43. The molecule has 2 N–H and O–H groups in total. The predicted molar refractivity (Wildman–Crippen MR) is 105 cm³/mol. The van der Waals surface area contributed by atoms with Crippen LogP contribution in [0.15, 0.2) is 12.2 Å². The molecule has 0 rings (SSSR count). The van der Waals surface area contributed by atoms with E-state index in [9.17, 15) is 0 Å². The summed E-state index contributed by atoms with van der Waals surface area (Å²) >= 11 is 0. The van der Waals surface area contributed by atoms with Gasteiger partial charge in [-0.05, 0) is 38.6 Å². The van der Waals surface area contributed by atoms with Crippen molar-refractivity contribution in [2.75, 3.05) is 6.54 Å². The second-order valence-corrected chi connectivity index (χ2v) is 5.73. The van der Waals surface area contributed by atoms with Crippen molar-refractivity contribution in [1.82, 2.24) is 0 Å². The lowest BCUT2D eigenvalue weighted by atomic mass is 10.1. The van der Waals surface area contributed by atoms with Crippen LogP contribution >= 0.6 is 24.0 Å². The third-order valence-electron chi connectivity index (χ3n) is 3.72. The number of hydrogen-bond donors (Lipinski definition) is 1. The molecule has 0 unspecified atom stereocenters. The largest absolute Gasteiger partial charge is 1.00 e. The summed E-state index contributed by atoms with van der Waals surface area (Å²) in [6.45, 7) is 3.14. The summed E-state index contributed by atoms with van der Waals surface area (Å²) in [5.74, 6) is 0. The molecule has 2 heteroatoms. The Morgan fingerprint density at radius 1 is 0.650 bits per heavy atom. The fourth-order valence-corrected chi connectivity index (χ4v) is 2.39. The molecule has 0 radical (unpaired) electrons. The Bertz CT molecular complexity index is 186. The maximum absolute atomic E-state index is 5.47. The quantitative estimate of drug-likeness (QED) is 0.186. The number of unbranched alkanes of at least 4 members (excludes halogenated alkanes) is 12. The third-order valence-corrected chi connectivity index (χ3v) is 3.72. The van der Waals surface area contributed by atoms with Gasteiger partial charge in [-0.2, -0.15) is 0 Å². The van der Waals surface area contributed by atoms with Crippen molar-refractivity contribution in [3.63, 3.8) is 0 Å². The summed E-state index contributed by atoms with van der Waals surface area (Å²) in [6.07, 6.45) is 23.9. The van der Waals surface area contributed by atoms with Crippen LogP contribution in [-0.4, -0.2) is 6.54 Å². The van der Waals surface area contributed by atoms with Crippen LogP contribution in [0.2, 0.25) is 0 Å². The minimum Gasteiger partial charge on any atom is -0.330 e. The van der Waals surface area contributed by atoms with E-state index in [4.69, 9.17) is 5.73 Å². The molecule has 0 fully saturated rings. The van der Waals surface area contributed by atoms with Crippen LogP contribution < -0.4 is 5.73 Å². The second kappa shape index (κ2) is 21.7. The molecule has 0 amide bonds. The van der Waals surface area contributed by atoms with E-state index < -0.39 is 0 Å². The highest BCUT2D eigenvalue weighted by Gasteiger charge is 1.90. The van der Waals surface area contributed by atoms with Gasteiger partial charge in [-0.3, -0.25) is 0 Å². The van der Waals surface area contributed by atoms with Crippen LogP contribution in [0.1, 0.15) is 98.2 Å². The van der Waals surface area contributed by atoms with Gasteiger partial charge >= 0.3 is 1.43 Å². The lowest BCUT2D eigenvalue weighted by Gasteiger charge is -1.99. The first-order valence-electron chi connectivity index (χ1n) is 8.77. The standard InChI is InChI=1S/C18H37N.HI/c1-2-3-4-5-6-7-8-9-10-11-12-13-14-15-16-17-18-19;/h9-10H,2-8,11-19H2,1H3;1H/p+1/b10-9-;. The molecule has 0 aliphatic heterocycles. The van der Waals surface area contributed by atoms with E-state index in [1.54, 1.807) is 0 Å². The number of nitrogens with two attached hydrogens (primary N) is 1. The van der Waals surface area contributed by atoms with Gasteiger partial charge in [0, 0.05) is 0 Å². The maximum atomic E-state index is 5.47. The van der Waals surface area contributed by atoms with Gasteiger partial charge in [0.25, 0.3) is 0 Å². The zero-order valence-electron chi connectivity index (χ0n) is 14.7. The van der Waals surface area contributed by atoms with Gasteiger partial charge in [-0.1, -0.05) is 76.9 Å². The molecular weight excluding hydrogens is 357 g/mol. The van der Waals surface area contributed by atoms with Gasteiger partial charge in [0.15, 0.2) is 0 Å². The highest BCUT2D eigenvalue weighted by molar-refractivity contribution is 14.0. The summed E-state index contributed by atoms with van der Waals surface area (Å²) in [4.78, 5) is 0. The van der Waals surface area contributed by atoms with Gasteiger partial charge in [-0.15, -0.1) is 24.0 Å². The molecule has 1 nitrogen and oxygen atoms in total. The molecular formula is C18H39IN+. The zero-order valence-corrected chi connectivity index (χ0v) is 16.1. The zero-order chi connectivity index (χ0) is 14.0. The molecule has 0 heterocycles. The summed E-state index contributed by atoms with van der Waals surface area (Å²) in [5, 5.41) is 0. The molecule has 122 valence electrons. The van der Waals surface area contributed by atoms with Crippen LogP contribution in [0.25, 0.3) is 0 Å². The average molecular weight is 396 g/mol. The number of hydrogen-bond acceptors (Lipinski definition) is 1. The number of allylic oxidation sites excluding steroid dienone is 2. The van der Waals surface area contributed by atoms with Crippen molar-refractivity contribution in [1.29, 1.82) is 0 Å². The Morgan fingerprint density at radius 2 is 1.05 bits per heavy atom. The molecule has 0 spiro atoms. The predicted octanol–water partition coefficient (Wildman–Crippen LogP) is 6.71. The summed E-state index contributed by atoms with van der Waals surface area (Å²) in [6, 6.07) is 0. The van der Waals surface area contributed by atoms with E-state index in [0.717, 1.165) is 6.54 Å². The topological polar surface area (TPSA) is 26.0 Å². The Morgan fingerprint density at radius 3 is 1.50 bits per heavy atom. The van der Waals surface area contributed by atoms with Crippen molar-refractivity contribution in [3.05, 3.63) is 12.2 Å². The molecule has 0 aliphatic rings. The fraction of sp³-hybridized carbons (Fsp3) is 0.889. The maximum Gasteiger partial charge on any atom is 1.00 e. The van der Waals surface area contributed by atoms with E-state index in [1.807, 2.05) is 0 Å². The lowest BCUT2D eigenvalue weighted by Crippen LogP contribution is -1.97. The van der Waals surface area contributed by atoms with Crippen LogP contribution in [0.3, 0.4) is 0 Å². The van der Waals surface area contributed by atoms with E-state index in [0.29, 0.717) is 0 Å². The highest BCUT2D eigenvalue weighted by atomic mass is 127. The van der Waals surface area contributed by atoms with Gasteiger partial charge < -0.3 is 5.73 Å². The Hall–Kier alpha value is 0.430. The minimum absolute atomic E-state index is 0. The first-order valence-corrected chi connectivity index (χ1v) is 8.77. The number of rotatable bonds is 15. The van der Waals surface area contributed by atoms with Gasteiger partial charge in [0.2, 0.25) is 0 Å². The molecule has 0 aromatic carbocycles. The molecule has 0 aromatic rings. The Labute approximate surface area is 146 Å². The van der Waals surface area contributed by atoms with E-state index in [1.165, 1.54) is 89.9 Å². The molecule has 0 aliphatic carbocycles. The highest BCUT2D eigenvalue weighted by Crippen LogP contribution is 2.09. The second-order valence-electron chi connectivity index (χ2n) is 5.73. The molecule has 0 atom stereocenters. The van der Waals surface area contributed by atoms with Crippen molar-refractivity contribution in [2.24, 2.45) is 5.73 Å². The van der Waals surface area contributed by atoms with Crippen LogP contribution in [-0.2, 0) is 0 Å². The first kappa shape index (κ1) is 22.7. The summed E-state index contributed by atoms with van der Waals surface area (Å²) in [5.41, 5.74) is 5.47. The molecule has 0 saturated carbocycles. The van der Waals surface area contributed by atoms with Crippen molar-refractivity contribution in [3.8, 4) is 0 Å². The van der Waals surface area contributed by atoms with Crippen molar-refractivity contribution >= 4 is 24.0 Å². The molecule has 0 saturated heterocycles. The summed E-state index contributed by atoms with van der Waals surface area (Å²) < 4.78 is 0. The first-order chi connectivity index (χ1) is 9.41. The van der Waals surface area contributed by atoms with Gasteiger partial charge in [-0.25, -0.2) is 0 Å². The van der Waals surface area contributed by atoms with Crippen molar-refractivity contribution in [2.45, 2.75) is 96.8 Å². The van der Waals surface area contributed by atoms with Crippen LogP contribution in [0.4, 0.5) is 0 Å². The SMILES string of the molecule is CCCCCCCC/C=C\CCCCCCCCN.I.[H+].